The van der Waals surface area contributed by atoms with E-state index >= 15 is 0 Å². The van der Waals surface area contributed by atoms with Crippen molar-refractivity contribution in [3.8, 4) is 0 Å². The molecule has 1 amide bonds. The van der Waals surface area contributed by atoms with Crippen molar-refractivity contribution in [3.63, 3.8) is 0 Å². The highest BCUT2D eigenvalue weighted by Gasteiger charge is 2.07. The first-order valence-electron chi connectivity index (χ1n) is 6.67. The van der Waals surface area contributed by atoms with Crippen molar-refractivity contribution in [1.29, 1.82) is 0 Å². The summed E-state index contributed by atoms with van der Waals surface area (Å²) in [6.07, 6.45) is 5.27. The van der Waals surface area contributed by atoms with Gasteiger partial charge in [0.1, 0.15) is 5.82 Å². The molecule has 112 valence electrons. The molecule has 21 heavy (non-hydrogen) atoms. The Morgan fingerprint density at radius 3 is 2.86 bits per heavy atom. The van der Waals surface area contributed by atoms with E-state index in [9.17, 15) is 4.79 Å². The monoisotopic (exact) mass is 307 g/mol. The van der Waals surface area contributed by atoms with Crippen molar-refractivity contribution < 1.29 is 4.79 Å². The molecular weight excluding hydrogens is 290 g/mol. The van der Waals surface area contributed by atoms with E-state index in [1.54, 1.807) is 12.1 Å². The minimum atomic E-state index is -0.145. The van der Waals surface area contributed by atoms with E-state index in [1.165, 1.54) is 6.20 Å². The first-order chi connectivity index (χ1) is 10.0. The Balaban J connectivity index is 1.74. The zero-order valence-electron chi connectivity index (χ0n) is 12.0. The maximum Gasteiger partial charge on any atom is 0.239 e. The fourth-order valence-corrected chi connectivity index (χ4v) is 1.93. The van der Waals surface area contributed by atoms with Gasteiger partial charge in [-0.3, -0.25) is 9.48 Å². The van der Waals surface area contributed by atoms with Gasteiger partial charge in [-0.2, -0.15) is 5.10 Å². The molecule has 0 saturated carbocycles. The van der Waals surface area contributed by atoms with E-state index in [-0.39, 0.29) is 18.5 Å². The topological polar surface area (TPSA) is 71.8 Å². The number of pyridine rings is 1. The van der Waals surface area contributed by atoms with E-state index < -0.39 is 0 Å². The van der Waals surface area contributed by atoms with Crippen LogP contribution < -0.4 is 10.6 Å². The van der Waals surface area contributed by atoms with Crippen LogP contribution in [-0.4, -0.2) is 33.3 Å². The van der Waals surface area contributed by atoms with Crippen LogP contribution in [0, 0.1) is 6.92 Å². The number of nitrogens with zero attached hydrogens (tertiary/aromatic N) is 3. The SMILES string of the molecule is Cc1cnn(C[C@@H](C)NCC(=O)Nc2ccc(Cl)cn2)c1. The van der Waals surface area contributed by atoms with Crippen molar-refractivity contribution in [2.75, 3.05) is 11.9 Å². The molecule has 1 atom stereocenters. The lowest BCUT2D eigenvalue weighted by molar-refractivity contribution is -0.115. The summed E-state index contributed by atoms with van der Waals surface area (Å²) in [5.41, 5.74) is 1.12. The Kier molecular flexibility index (Phi) is 5.30. The molecule has 2 aromatic heterocycles. The van der Waals surface area contributed by atoms with Crippen LogP contribution in [0.1, 0.15) is 12.5 Å². The van der Waals surface area contributed by atoms with Gasteiger partial charge in [0.15, 0.2) is 0 Å². The smallest absolute Gasteiger partial charge is 0.239 e. The molecule has 0 aliphatic heterocycles. The Bertz CT molecular complexity index is 596. The summed E-state index contributed by atoms with van der Waals surface area (Å²) in [5, 5.41) is 10.6. The van der Waals surface area contributed by atoms with Crippen LogP contribution in [0.25, 0.3) is 0 Å². The summed E-state index contributed by atoms with van der Waals surface area (Å²) >= 11 is 5.73. The standard InChI is InChI=1S/C14H18ClN5O/c1-10-5-18-20(8-10)9-11(2)16-7-14(21)19-13-4-3-12(15)6-17-13/h3-6,8,11,16H,7,9H2,1-2H3,(H,17,19,21)/t11-/m1/s1. The summed E-state index contributed by atoms with van der Waals surface area (Å²) < 4.78 is 1.85. The Labute approximate surface area is 128 Å². The number of nitrogens with one attached hydrogen (secondary N) is 2. The second-order valence-corrected chi connectivity index (χ2v) is 5.37. The third kappa shape index (κ3) is 5.17. The number of hydrogen-bond donors (Lipinski definition) is 2. The summed E-state index contributed by atoms with van der Waals surface area (Å²) in [6, 6.07) is 3.48. The van der Waals surface area contributed by atoms with Gasteiger partial charge in [0, 0.05) is 18.4 Å². The van der Waals surface area contributed by atoms with Gasteiger partial charge in [0.05, 0.1) is 24.3 Å². The zero-order chi connectivity index (χ0) is 15.2. The van der Waals surface area contributed by atoms with Crippen molar-refractivity contribution in [1.82, 2.24) is 20.1 Å². The molecule has 0 saturated heterocycles. The number of amides is 1. The fraction of sp³-hybridized carbons (Fsp3) is 0.357. The van der Waals surface area contributed by atoms with Gasteiger partial charge in [-0.25, -0.2) is 4.98 Å². The molecule has 2 N–H and O–H groups in total. The maximum absolute atomic E-state index is 11.8. The molecule has 0 fully saturated rings. The van der Waals surface area contributed by atoms with Gasteiger partial charge in [-0.05, 0) is 31.5 Å². The maximum atomic E-state index is 11.8. The summed E-state index contributed by atoms with van der Waals surface area (Å²) in [6.45, 7) is 4.92. The van der Waals surface area contributed by atoms with Crippen LogP contribution >= 0.6 is 11.6 Å². The molecule has 0 aliphatic carbocycles. The van der Waals surface area contributed by atoms with Gasteiger partial charge < -0.3 is 10.6 Å². The molecule has 2 aromatic rings. The zero-order valence-corrected chi connectivity index (χ0v) is 12.8. The number of carbonyl (C=O) groups is 1. The number of hydrogen-bond acceptors (Lipinski definition) is 4. The van der Waals surface area contributed by atoms with Crippen LogP contribution in [0.5, 0.6) is 0 Å². The molecule has 2 heterocycles. The van der Waals surface area contributed by atoms with E-state index in [1.807, 2.05) is 30.9 Å². The number of rotatable bonds is 6. The molecule has 0 aliphatic rings. The van der Waals surface area contributed by atoms with Gasteiger partial charge in [-0.15, -0.1) is 0 Å². The van der Waals surface area contributed by atoms with E-state index in [2.05, 4.69) is 20.7 Å². The minimum absolute atomic E-state index is 0.133. The fourth-order valence-electron chi connectivity index (χ4n) is 1.82. The van der Waals surface area contributed by atoms with Crippen LogP contribution in [0.15, 0.2) is 30.7 Å². The van der Waals surface area contributed by atoms with Crippen molar-refractivity contribution in [2.45, 2.75) is 26.4 Å². The Hall–Kier alpha value is -1.92. The second-order valence-electron chi connectivity index (χ2n) is 4.93. The highest BCUT2D eigenvalue weighted by Crippen LogP contribution is 2.09. The Morgan fingerprint density at radius 2 is 2.24 bits per heavy atom. The molecule has 0 unspecified atom stereocenters. The number of anilines is 1. The second kappa shape index (κ2) is 7.19. The number of halogens is 1. The Morgan fingerprint density at radius 1 is 1.43 bits per heavy atom. The lowest BCUT2D eigenvalue weighted by Crippen LogP contribution is -2.37. The van der Waals surface area contributed by atoms with Crippen molar-refractivity contribution in [2.24, 2.45) is 0 Å². The lowest BCUT2D eigenvalue weighted by atomic mass is 10.3. The molecule has 2 rings (SSSR count). The predicted molar refractivity (Wildman–Crippen MR) is 82.3 cm³/mol. The molecule has 0 aromatic carbocycles. The minimum Gasteiger partial charge on any atom is -0.310 e. The highest BCUT2D eigenvalue weighted by molar-refractivity contribution is 6.30. The van der Waals surface area contributed by atoms with Gasteiger partial charge in [0.2, 0.25) is 5.91 Å². The van der Waals surface area contributed by atoms with E-state index in [0.717, 1.165) is 5.56 Å². The van der Waals surface area contributed by atoms with Crippen LogP contribution in [0.2, 0.25) is 5.02 Å². The lowest BCUT2D eigenvalue weighted by Gasteiger charge is -2.13. The molecule has 0 bridgehead atoms. The van der Waals surface area contributed by atoms with E-state index in [0.29, 0.717) is 17.4 Å². The van der Waals surface area contributed by atoms with Crippen molar-refractivity contribution in [3.05, 3.63) is 41.3 Å². The summed E-state index contributed by atoms with van der Waals surface area (Å²) in [7, 11) is 0. The largest absolute Gasteiger partial charge is 0.310 e. The highest BCUT2D eigenvalue weighted by atomic mass is 35.5. The third-order valence-corrected chi connectivity index (χ3v) is 3.05. The van der Waals surface area contributed by atoms with Gasteiger partial charge >= 0.3 is 0 Å². The quantitative estimate of drug-likeness (QED) is 0.854. The van der Waals surface area contributed by atoms with E-state index in [4.69, 9.17) is 11.6 Å². The van der Waals surface area contributed by atoms with Crippen LogP contribution in [0.4, 0.5) is 5.82 Å². The molecule has 6 nitrogen and oxygen atoms in total. The molecule has 7 heteroatoms. The first kappa shape index (κ1) is 15.5. The molecular formula is C14H18ClN5O. The summed E-state index contributed by atoms with van der Waals surface area (Å²) in [4.78, 5) is 15.8. The van der Waals surface area contributed by atoms with Crippen molar-refractivity contribution >= 4 is 23.3 Å². The number of aromatic nitrogens is 3. The first-order valence-corrected chi connectivity index (χ1v) is 7.04. The van der Waals surface area contributed by atoms with Gasteiger partial charge in [-0.1, -0.05) is 11.6 Å². The number of carbonyl (C=O) groups excluding carboxylic acids is 1. The average molecular weight is 308 g/mol. The summed E-state index contributed by atoms with van der Waals surface area (Å²) in [5.74, 6) is 0.342. The number of aryl methyl sites for hydroxylation is 1. The predicted octanol–water partition coefficient (Wildman–Crippen LogP) is 1.86. The van der Waals surface area contributed by atoms with Gasteiger partial charge in [0.25, 0.3) is 0 Å². The third-order valence-electron chi connectivity index (χ3n) is 2.83. The molecule has 0 spiro atoms. The van der Waals surface area contributed by atoms with Crippen LogP contribution in [-0.2, 0) is 11.3 Å². The average Bonchev–Trinajstić information content (AvgIpc) is 2.84. The molecule has 0 radical (unpaired) electrons. The normalized spacial score (nSPS) is 12.1. The van der Waals surface area contributed by atoms with Crippen LogP contribution in [0.3, 0.4) is 0 Å².